The lowest BCUT2D eigenvalue weighted by molar-refractivity contribution is -0.170. The maximum Gasteiger partial charge on any atom is 0.288 e. The number of aliphatic hydroxyl groups excluding tert-OH is 1. The van der Waals surface area contributed by atoms with Gasteiger partial charge in [-0.3, -0.25) is 4.79 Å². The fourth-order valence-corrected chi connectivity index (χ4v) is 4.89. The number of carbonyl (C=O) groups is 1. The number of nitrogens with zero attached hydrogens (tertiary/aromatic N) is 1. The Morgan fingerprint density at radius 2 is 1.93 bits per heavy atom. The highest BCUT2D eigenvalue weighted by Crippen LogP contribution is 2.40. The van der Waals surface area contributed by atoms with Gasteiger partial charge in [0, 0.05) is 42.6 Å². The second-order valence-corrected chi connectivity index (χ2v) is 9.20. The number of carbonyl (C=O) groups excluding carboxylic acids is 1. The Morgan fingerprint density at radius 3 is 2.57 bits per heavy atom. The van der Waals surface area contributed by atoms with Gasteiger partial charge in [0.05, 0.1) is 0 Å². The minimum atomic E-state index is -0.501. The SMILES string of the molecule is CCO[C@@H]1OC(C(=O)N(C)C2CCCCC2)=C[C@H](c2ccc(Br)cc2)[C@H]1CCCO. The highest BCUT2D eigenvalue weighted by Gasteiger charge is 2.39. The van der Waals surface area contributed by atoms with Gasteiger partial charge in [-0.25, -0.2) is 0 Å². The first-order valence-corrected chi connectivity index (χ1v) is 12.0. The van der Waals surface area contributed by atoms with Crippen molar-refractivity contribution in [3.63, 3.8) is 0 Å². The van der Waals surface area contributed by atoms with Gasteiger partial charge in [-0.2, -0.15) is 0 Å². The molecular weight excluding hydrogens is 446 g/mol. The van der Waals surface area contributed by atoms with Crippen LogP contribution in [0.5, 0.6) is 0 Å². The zero-order valence-corrected chi connectivity index (χ0v) is 19.6. The van der Waals surface area contributed by atoms with Crippen molar-refractivity contribution >= 4 is 21.8 Å². The van der Waals surface area contributed by atoms with Gasteiger partial charge in [-0.05, 0) is 56.4 Å². The van der Waals surface area contributed by atoms with Crippen molar-refractivity contribution in [3.8, 4) is 0 Å². The van der Waals surface area contributed by atoms with Crippen molar-refractivity contribution in [2.75, 3.05) is 20.3 Å². The molecule has 166 valence electrons. The smallest absolute Gasteiger partial charge is 0.288 e. The summed E-state index contributed by atoms with van der Waals surface area (Å²) in [5.41, 5.74) is 1.12. The fraction of sp³-hybridized carbons (Fsp3) is 0.625. The number of ether oxygens (including phenoxy) is 2. The molecule has 3 rings (SSSR count). The summed E-state index contributed by atoms with van der Waals surface area (Å²) in [4.78, 5) is 15.2. The Morgan fingerprint density at radius 1 is 1.23 bits per heavy atom. The van der Waals surface area contributed by atoms with Crippen molar-refractivity contribution in [1.29, 1.82) is 0 Å². The van der Waals surface area contributed by atoms with Gasteiger partial charge in [0.15, 0.2) is 5.76 Å². The van der Waals surface area contributed by atoms with Crippen LogP contribution in [-0.4, -0.2) is 48.5 Å². The van der Waals surface area contributed by atoms with E-state index >= 15 is 0 Å². The van der Waals surface area contributed by atoms with E-state index in [9.17, 15) is 9.90 Å². The lowest BCUT2D eigenvalue weighted by Crippen LogP contribution is -2.43. The summed E-state index contributed by atoms with van der Waals surface area (Å²) in [6.07, 6.45) is 8.62. The van der Waals surface area contributed by atoms with Gasteiger partial charge in [0.1, 0.15) is 0 Å². The van der Waals surface area contributed by atoms with Crippen LogP contribution in [0.4, 0.5) is 0 Å². The number of hydrogen-bond donors (Lipinski definition) is 1. The van der Waals surface area contributed by atoms with E-state index in [0.717, 1.165) is 29.3 Å². The van der Waals surface area contributed by atoms with E-state index in [0.29, 0.717) is 18.8 Å². The Balaban J connectivity index is 1.90. The standard InChI is InChI=1S/C24H34BrNO4/c1-3-29-24-20(10-7-15-27)21(17-11-13-18(25)14-12-17)16-22(30-24)23(28)26(2)19-8-5-4-6-9-19/h11-14,16,19-21,24,27H,3-10,15H2,1-2H3/t20-,21-,24-/m1/s1. The molecule has 1 fully saturated rings. The molecule has 3 atom stereocenters. The number of amides is 1. The third kappa shape index (κ3) is 5.65. The number of halogens is 1. The molecule has 5 nitrogen and oxygen atoms in total. The van der Waals surface area contributed by atoms with E-state index in [1.807, 2.05) is 37.1 Å². The van der Waals surface area contributed by atoms with E-state index in [-0.39, 0.29) is 30.4 Å². The van der Waals surface area contributed by atoms with Crippen LogP contribution in [0.3, 0.4) is 0 Å². The van der Waals surface area contributed by atoms with Crippen LogP contribution in [0.15, 0.2) is 40.6 Å². The first-order chi connectivity index (χ1) is 14.5. The molecular formula is C24H34BrNO4. The zero-order chi connectivity index (χ0) is 21.5. The summed E-state index contributed by atoms with van der Waals surface area (Å²) in [5.74, 6) is 0.354. The third-order valence-electron chi connectivity index (χ3n) is 6.32. The highest BCUT2D eigenvalue weighted by atomic mass is 79.9. The maximum atomic E-state index is 13.3. The molecule has 0 aromatic heterocycles. The zero-order valence-electron chi connectivity index (χ0n) is 18.1. The number of likely N-dealkylation sites (N-methyl/N-ethyl adjacent to an activating group) is 1. The summed E-state index contributed by atoms with van der Waals surface area (Å²) in [6, 6.07) is 8.48. The van der Waals surface area contributed by atoms with E-state index in [1.165, 1.54) is 19.3 Å². The Hall–Kier alpha value is -1.37. The molecule has 0 unspecified atom stereocenters. The molecule has 1 heterocycles. The van der Waals surface area contributed by atoms with Gasteiger partial charge in [0.2, 0.25) is 6.29 Å². The Bertz CT molecular complexity index is 714. The van der Waals surface area contributed by atoms with E-state index in [4.69, 9.17) is 9.47 Å². The molecule has 2 aliphatic rings. The molecule has 0 spiro atoms. The summed E-state index contributed by atoms with van der Waals surface area (Å²) in [6.45, 7) is 2.57. The monoisotopic (exact) mass is 479 g/mol. The lowest BCUT2D eigenvalue weighted by Gasteiger charge is -2.39. The van der Waals surface area contributed by atoms with Crippen LogP contribution >= 0.6 is 15.9 Å². The van der Waals surface area contributed by atoms with Gasteiger partial charge in [-0.1, -0.05) is 47.3 Å². The average molecular weight is 480 g/mol. The molecule has 1 aliphatic heterocycles. The van der Waals surface area contributed by atoms with E-state index in [1.54, 1.807) is 0 Å². The molecule has 1 N–H and O–H groups in total. The normalized spacial score (nSPS) is 24.8. The largest absolute Gasteiger partial charge is 0.459 e. The van der Waals surface area contributed by atoms with Crippen molar-refractivity contribution < 1.29 is 19.4 Å². The van der Waals surface area contributed by atoms with E-state index < -0.39 is 6.29 Å². The second-order valence-electron chi connectivity index (χ2n) is 8.29. The Labute approximate surface area is 188 Å². The molecule has 0 radical (unpaired) electrons. The van der Waals surface area contributed by atoms with Crippen molar-refractivity contribution in [3.05, 3.63) is 46.1 Å². The summed E-state index contributed by atoms with van der Waals surface area (Å²) in [7, 11) is 1.89. The number of hydrogen-bond acceptors (Lipinski definition) is 4. The molecule has 1 saturated carbocycles. The lowest BCUT2D eigenvalue weighted by atomic mass is 9.80. The molecule has 1 aromatic rings. The summed E-state index contributed by atoms with van der Waals surface area (Å²) >= 11 is 3.50. The number of allylic oxidation sites excluding steroid dienone is 1. The number of aliphatic hydroxyl groups is 1. The van der Waals surface area contributed by atoms with Crippen molar-refractivity contribution in [2.45, 2.75) is 70.1 Å². The molecule has 1 aliphatic carbocycles. The van der Waals surface area contributed by atoms with Gasteiger partial charge in [-0.15, -0.1) is 0 Å². The van der Waals surface area contributed by atoms with Crippen LogP contribution in [-0.2, 0) is 14.3 Å². The summed E-state index contributed by atoms with van der Waals surface area (Å²) < 4.78 is 13.1. The average Bonchev–Trinajstić information content (AvgIpc) is 2.78. The molecule has 1 amide bonds. The van der Waals surface area contributed by atoms with E-state index in [2.05, 4.69) is 28.1 Å². The highest BCUT2D eigenvalue weighted by molar-refractivity contribution is 9.10. The van der Waals surface area contributed by atoms with Crippen molar-refractivity contribution in [1.82, 2.24) is 4.90 Å². The first kappa shape index (κ1) is 23.3. The molecule has 1 aromatic carbocycles. The molecule has 6 heteroatoms. The van der Waals surface area contributed by atoms with Gasteiger partial charge in [0.25, 0.3) is 5.91 Å². The second kappa shape index (κ2) is 11.3. The predicted molar refractivity (Wildman–Crippen MR) is 121 cm³/mol. The summed E-state index contributed by atoms with van der Waals surface area (Å²) in [5, 5.41) is 9.40. The number of rotatable bonds is 8. The van der Waals surface area contributed by atoms with Crippen LogP contribution in [0.25, 0.3) is 0 Å². The predicted octanol–water partition coefficient (Wildman–Crippen LogP) is 4.99. The molecule has 0 saturated heterocycles. The third-order valence-corrected chi connectivity index (χ3v) is 6.85. The fourth-order valence-electron chi connectivity index (χ4n) is 4.63. The molecule has 30 heavy (non-hydrogen) atoms. The number of benzene rings is 1. The van der Waals surface area contributed by atoms with Crippen LogP contribution < -0.4 is 0 Å². The Kier molecular flexibility index (Phi) is 8.78. The maximum absolute atomic E-state index is 13.3. The topological polar surface area (TPSA) is 59.0 Å². The minimum absolute atomic E-state index is 0.00587. The molecule has 0 bridgehead atoms. The van der Waals surface area contributed by atoms with Crippen LogP contribution in [0.2, 0.25) is 0 Å². The quantitative estimate of drug-likeness (QED) is 0.570. The van der Waals surface area contributed by atoms with Crippen LogP contribution in [0, 0.1) is 5.92 Å². The first-order valence-electron chi connectivity index (χ1n) is 11.2. The van der Waals surface area contributed by atoms with Gasteiger partial charge < -0.3 is 19.5 Å². The van der Waals surface area contributed by atoms with Gasteiger partial charge >= 0.3 is 0 Å². The minimum Gasteiger partial charge on any atom is -0.459 e. The van der Waals surface area contributed by atoms with Crippen molar-refractivity contribution in [2.24, 2.45) is 5.92 Å². The van der Waals surface area contributed by atoms with Crippen LogP contribution in [0.1, 0.15) is 63.4 Å².